The molecule has 0 saturated heterocycles. The lowest BCUT2D eigenvalue weighted by atomic mass is 10.1. The minimum absolute atomic E-state index is 0.0285. The van der Waals surface area contributed by atoms with Gasteiger partial charge in [0, 0.05) is 17.7 Å². The summed E-state index contributed by atoms with van der Waals surface area (Å²) in [5.41, 5.74) is 1.55. The number of pyridine rings is 1. The van der Waals surface area contributed by atoms with E-state index < -0.39 is 10.9 Å². The minimum atomic E-state index is -1.05. The van der Waals surface area contributed by atoms with Crippen LogP contribution >= 0.6 is 0 Å². The summed E-state index contributed by atoms with van der Waals surface area (Å²) in [6.45, 7) is 1.59. The van der Waals surface area contributed by atoms with Crippen molar-refractivity contribution in [2.45, 2.75) is 6.92 Å². The lowest BCUT2D eigenvalue weighted by Gasteiger charge is -2.04. The van der Waals surface area contributed by atoms with Gasteiger partial charge in [0.1, 0.15) is 0 Å². The van der Waals surface area contributed by atoms with Crippen molar-refractivity contribution in [1.82, 2.24) is 4.98 Å². The molecule has 0 atom stereocenters. The molecule has 2 aromatic rings. The van der Waals surface area contributed by atoms with Gasteiger partial charge in [-0.05, 0) is 19.1 Å². The van der Waals surface area contributed by atoms with Crippen molar-refractivity contribution in [2.24, 2.45) is 0 Å². The molecule has 2 rings (SSSR count). The molecule has 0 saturated carbocycles. The molecule has 0 fully saturated rings. The lowest BCUT2D eigenvalue weighted by molar-refractivity contribution is -0.384. The number of hydrogen-bond acceptors (Lipinski definition) is 4. The van der Waals surface area contributed by atoms with Crippen LogP contribution in [0.2, 0.25) is 0 Å². The number of carboxylic acid groups (broad SMARTS) is 1. The number of nitro groups is 1. The molecule has 1 N–H and O–H groups in total. The predicted molar refractivity (Wildman–Crippen MR) is 68.0 cm³/mol. The first-order valence-corrected chi connectivity index (χ1v) is 5.45. The monoisotopic (exact) mass is 258 g/mol. The molecule has 0 aliphatic carbocycles. The van der Waals surface area contributed by atoms with E-state index in [0.29, 0.717) is 17.0 Å². The zero-order valence-corrected chi connectivity index (χ0v) is 10.0. The number of aromatic carboxylic acids is 1. The van der Waals surface area contributed by atoms with Gasteiger partial charge in [-0.25, -0.2) is 4.79 Å². The molecular weight excluding hydrogens is 248 g/mol. The van der Waals surface area contributed by atoms with E-state index in [2.05, 4.69) is 4.98 Å². The lowest BCUT2D eigenvalue weighted by Crippen LogP contribution is -2.02. The molecule has 0 spiro atoms. The van der Waals surface area contributed by atoms with E-state index in [0.717, 1.165) is 0 Å². The summed E-state index contributed by atoms with van der Waals surface area (Å²) >= 11 is 0. The second kappa shape index (κ2) is 4.85. The molecule has 0 unspecified atom stereocenters. The molecular formula is C13H10N2O4. The topological polar surface area (TPSA) is 93.3 Å². The molecule has 6 heteroatoms. The Morgan fingerprint density at radius 3 is 2.63 bits per heavy atom. The van der Waals surface area contributed by atoms with E-state index in [4.69, 9.17) is 5.11 Å². The smallest absolute Gasteiger partial charge is 0.337 e. The van der Waals surface area contributed by atoms with E-state index in [1.54, 1.807) is 19.1 Å². The number of non-ortho nitro benzene ring substituents is 1. The summed E-state index contributed by atoms with van der Waals surface area (Å²) in [6, 6.07) is 9.03. The van der Waals surface area contributed by atoms with Crippen LogP contribution < -0.4 is 0 Å². The van der Waals surface area contributed by atoms with E-state index >= 15 is 0 Å². The molecule has 1 heterocycles. The molecule has 1 aromatic carbocycles. The van der Waals surface area contributed by atoms with Gasteiger partial charge in [-0.2, -0.15) is 0 Å². The fourth-order valence-corrected chi connectivity index (χ4v) is 1.73. The first-order valence-electron chi connectivity index (χ1n) is 5.45. The first kappa shape index (κ1) is 12.7. The molecule has 96 valence electrons. The van der Waals surface area contributed by atoms with Gasteiger partial charge in [-0.3, -0.25) is 15.1 Å². The number of rotatable bonds is 3. The Bertz CT molecular complexity index is 667. The number of benzene rings is 1. The highest BCUT2D eigenvalue weighted by molar-refractivity contribution is 5.89. The first-order chi connectivity index (χ1) is 8.99. The number of aryl methyl sites for hydroxylation is 1. The van der Waals surface area contributed by atoms with E-state index in [-0.39, 0.29) is 11.3 Å². The molecule has 0 bridgehead atoms. The Morgan fingerprint density at radius 1 is 1.32 bits per heavy atom. The van der Waals surface area contributed by atoms with E-state index in [1.807, 2.05) is 0 Å². The minimum Gasteiger partial charge on any atom is -0.478 e. The third-order valence-electron chi connectivity index (χ3n) is 2.67. The van der Waals surface area contributed by atoms with Crippen LogP contribution in [0.4, 0.5) is 5.69 Å². The third kappa shape index (κ3) is 2.57. The summed E-state index contributed by atoms with van der Waals surface area (Å²) in [5, 5.41) is 19.6. The maximum Gasteiger partial charge on any atom is 0.337 e. The molecule has 19 heavy (non-hydrogen) atoms. The van der Waals surface area contributed by atoms with E-state index in [1.165, 1.54) is 24.3 Å². The number of nitrogens with zero attached hydrogens (tertiary/aromatic N) is 2. The maximum atomic E-state index is 10.9. The highest BCUT2D eigenvalue weighted by atomic mass is 16.6. The molecule has 1 aromatic heterocycles. The Morgan fingerprint density at radius 2 is 2.05 bits per heavy atom. The Labute approximate surface area is 108 Å². The van der Waals surface area contributed by atoms with Crippen LogP contribution in [0.15, 0.2) is 36.4 Å². The summed E-state index contributed by atoms with van der Waals surface area (Å²) < 4.78 is 0. The van der Waals surface area contributed by atoms with Crippen LogP contribution in [-0.4, -0.2) is 21.0 Å². The van der Waals surface area contributed by atoms with Crippen molar-refractivity contribution in [3.63, 3.8) is 0 Å². The molecule has 0 radical (unpaired) electrons. The van der Waals surface area contributed by atoms with Gasteiger partial charge in [0.2, 0.25) is 0 Å². The van der Waals surface area contributed by atoms with Gasteiger partial charge in [-0.1, -0.05) is 12.1 Å². The Balaban J connectivity index is 2.48. The molecule has 0 aliphatic rings. The summed E-state index contributed by atoms with van der Waals surface area (Å²) in [7, 11) is 0. The number of carboxylic acids is 1. The number of hydrogen-bond donors (Lipinski definition) is 1. The van der Waals surface area contributed by atoms with E-state index in [9.17, 15) is 14.9 Å². The number of aromatic nitrogens is 1. The number of nitro benzene ring substituents is 1. The van der Waals surface area contributed by atoms with Crippen molar-refractivity contribution in [1.29, 1.82) is 0 Å². The highest BCUT2D eigenvalue weighted by Crippen LogP contribution is 2.23. The van der Waals surface area contributed by atoms with Crippen LogP contribution in [0.25, 0.3) is 11.3 Å². The highest BCUT2D eigenvalue weighted by Gasteiger charge is 2.11. The van der Waals surface area contributed by atoms with Gasteiger partial charge < -0.3 is 5.11 Å². The second-order valence-corrected chi connectivity index (χ2v) is 3.94. The zero-order chi connectivity index (χ0) is 14.0. The van der Waals surface area contributed by atoms with Crippen molar-refractivity contribution in [3.8, 4) is 11.3 Å². The average Bonchev–Trinajstić information content (AvgIpc) is 2.38. The largest absolute Gasteiger partial charge is 0.478 e. The zero-order valence-electron chi connectivity index (χ0n) is 10.0. The van der Waals surface area contributed by atoms with Gasteiger partial charge >= 0.3 is 5.97 Å². The van der Waals surface area contributed by atoms with Crippen molar-refractivity contribution in [3.05, 3.63) is 57.8 Å². The van der Waals surface area contributed by atoms with Gasteiger partial charge in [0.25, 0.3) is 5.69 Å². The van der Waals surface area contributed by atoms with Gasteiger partial charge in [0.15, 0.2) is 0 Å². The fourth-order valence-electron chi connectivity index (χ4n) is 1.73. The second-order valence-electron chi connectivity index (χ2n) is 3.94. The Hall–Kier alpha value is -2.76. The SMILES string of the molecule is Cc1nc(-c2cccc([N+](=O)[O-])c2)ccc1C(=O)O. The summed E-state index contributed by atoms with van der Waals surface area (Å²) in [4.78, 5) is 25.3. The normalized spacial score (nSPS) is 10.2. The average molecular weight is 258 g/mol. The van der Waals surface area contributed by atoms with Gasteiger partial charge in [-0.15, -0.1) is 0 Å². The van der Waals surface area contributed by atoms with Crippen LogP contribution in [0.5, 0.6) is 0 Å². The predicted octanol–water partition coefficient (Wildman–Crippen LogP) is 2.66. The maximum absolute atomic E-state index is 10.9. The van der Waals surface area contributed by atoms with Crippen molar-refractivity contribution >= 4 is 11.7 Å². The quantitative estimate of drug-likeness (QED) is 0.674. The Kier molecular flexibility index (Phi) is 3.24. The number of carbonyl (C=O) groups is 1. The van der Waals surface area contributed by atoms with Crippen LogP contribution in [0.3, 0.4) is 0 Å². The molecule has 6 nitrogen and oxygen atoms in total. The fraction of sp³-hybridized carbons (Fsp3) is 0.0769. The summed E-state index contributed by atoms with van der Waals surface area (Å²) in [6.07, 6.45) is 0. The van der Waals surface area contributed by atoms with Crippen molar-refractivity contribution in [2.75, 3.05) is 0 Å². The third-order valence-corrected chi connectivity index (χ3v) is 2.67. The molecule has 0 amide bonds. The summed E-state index contributed by atoms with van der Waals surface area (Å²) in [5.74, 6) is -1.05. The van der Waals surface area contributed by atoms with Crippen LogP contribution in [-0.2, 0) is 0 Å². The molecule has 0 aliphatic heterocycles. The standard InChI is InChI=1S/C13H10N2O4/c1-8-11(13(16)17)5-6-12(14-8)9-3-2-4-10(7-9)15(18)19/h2-7H,1H3,(H,16,17). The van der Waals surface area contributed by atoms with Crippen LogP contribution in [0, 0.1) is 17.0 Å². The van der Waals surface area contributed by atoms with Gasteiger partial charge in [0.05, 0.1) is 21.9 Å². The van der Waals surface area contributed by atoms with Crippen LogP contribution in [0.1, 0.15) is 16.1 Å². The van der Waals surface area contributed by atoms with Crippen molar-refractivity contribution < 1.29 is 14.8 Å².